The Morgan fingerprint density at radius 1 is 1.23 bits per heavy atom. The Morgan fingerprint density at radius 2 is 1.88 bits per heavy atom. The first kappa shape index (κ1) is 19.7. The maximum atomic E-state index is 12.4. The van der Waals surface area contributed by atoms with E-state index in [4.69, 9.17) is 9.52 Å². The summed E-state index contributed by atoms with van der Waals surface area (Å²) in [6, 6.07) is 7.49. The number of carbonyl (C=O) groups excluding carboxylic acids is 1. The van der Waals surface area contributed by atoms with Gasteiger partial charge in [0, 0.05) is 33.1 Å². The van der Waals surface area contributed by atoms with Gasteiger partial charge in [-0.2, -0.15) is 0 Å². The van der Waals surface area contributed by atoms with Gasteiger partial charge in [0.2, 0.25) is 10.0 Å². The third kappa shape index (κ3) is 3.94. The summed E-state index contributed by atoms with van der Waals surface area (Å²) < 4.78 is 31.1. The summed E-state index contributed by atoms with van der Waals surface area (Å²) in [6.07, 6.45) is 0.332. The number of carboxylic acid groups (broad SMARTS) is 1. The lowest BCUT2D eigenvalue weighted by molar-refractivity contribution is 0.0694. The summed E-state index contributed by atoms with van der Waals surface area (Å²) in [5, 5.41) is 11.7. The highest BCUT2D eigenvalue weighted by molar-refractivity contribution is 7.89. The van der Waals surface area contributed by atoms with E-state index in [1.807, 2.05) is 0 Å². The number of aryl methyl sites for hydroxylation is 1. The fraction of sp³-hybridized carbons (Fsp3) is 0.294. The number of rotatable bonds is 7. The van der Waals surface area contributed by atoms with Crippen LogP contribution in [0.4, 0.5) is 0 Å². The first-order valence-corrected chi connectivity index (χ1v) is 9.27. The molecule has 0 aliphatic rings. The van der Waals surface area contributed by atoms with E-state index in [1.54, 1.807) is 25.1 Å². The number of hydrogen-bond donors (Lipinski definition) is 2. The number of sulfonamides is 1. The van der Waals surface area contributed by atoms with Crippen molar-refractivity contribution in [2.24, 2.45) is 0 Å². The Kier molecular flexibility index (Phi) is 5.83. The predicted molar refractivity (Wildman–Crippen MR) is 93.5 cm³/mol. The van der Waals surface area contributed by atoms with Crippen LogP contribution in [-0.4, -0.2) is 43.8 Å². The normalized spacial score (nSPS) is 11.5. The van der Waals surface area contributed by atoms with Crippen LogP contribution in [0, 0.1) is 0 Å². The minimum atomic E-state index is -3.66. The molecule has 140 valence electrons. The van der Waals surface area contributed by atoms with E-state index in [9.17, 15) is 18.0 Å². The van der Waals surface area contributed by atoms with Crippen molar-refractivity contribution in [2.75, 3.05) is 14.1 Å². The lowest BCUT2D eigenvalue weighted by Crippen LogP contribution is -2.26. The van der Waals surface area contributed by atoms with Gasteiger partial charge in [0.15, 0.2) is 5.76 Å². The minimum Gasteiger partial charge on any atom is -0.478 e. The van der Waals surface area contributed by atoms with Crippen LogP contribution < -0.4 is 5.32 Å². The van der Waals surface area contributed by atoms with E-state index in [0.29, 0.717) is 12.0 Å². The molecule has 0 radical (unpaired) electrons. The number of benzene rings is 1. The second-order valence-electron chi connectivity index (χ2n) is 5.68. The van der Waals surface area contributed by atoms with Crippen LogP contribution in [0.2, 0.25) is 0 Å². The molecule has 0 aliphatic carbocycles. The van der Waals surface area contributed by atoms with E-state index in [0.717, 1.165) is 4.31 Å². The number of nitrogens with zero attached hydrogens (tertiary/aromatic N) is 1. The number of amides is 1. The highest BCUT2D eigenvalue weighted by Crippen LogP contribution is 2.19. The maximum Gasteiger partial charge on any atom is 0.339 e. The van der Waals surface area contributed by atoms with Gasteiger partial charge in [-0.1, -0.05) is 25.1 Å². The summed E-state index contributed by atoms with van der Waals surface area (Å²) >= 11 is 0. The SMILES string of the molecule is CCc1oc(C(=O)NCc2ccccc2S(=O)(=O)N(C)C)cc1C(=O)O. The molecule has 26 heavy (non-hydrogen) atoms. The molecule has 0 atom stereocenters. The Morgan fingerprint density at radius 3 is 2.42 bits per heavy atom. The standard InChI is InChI=1S/C17H20N2O6S/c1-4-13-12(17(21)22)9-14(25-13)16(20)18-10-11-7-5-6-8-15(11)26(23,24)19(2)3/h5-9H,4,10H2,1-3H3,(H,18,20)(H,21,22). The molecule has 0 bridgehead atoms. The summed E-state index contributed by atoms with van der Waals surface area (Å²) in [6.45, 7) is 1.67. The van der Waals surface area contributed by atoms with Crippen LogP contribution in [0.25, 0.3) is 0 Å². The van der Waals surface area contributed by atoms with Crippen molar-refractivity contribution in [2.45, 2.75) is 24.8 Å². The van der Waals surface area contributed by atoms with Crippen molar-refractivity contribution >= 4 is 21.9 Å². The van der Waals surface area contributed by atoms with E-state index in [2.05, 4.69) is 5.32 Å². The van der Waals surface area contributed by atoms with Crippen LogP contribution in [0.3, 0.4) is 0 Å². The fourth-order valence-electron chi connectivity index (χ4n) is 2.35. The quantitative estimate of drug-likeness (QED) is 0.755. The number of furan rings is 1. The molecule has 0 saturated carbocycles. The van der Waals surface area contributed by atoms with Crippen molar-refractivity contribution in [3.05, 3.63) is 53.0 Å². The molecule has 1 aromatic carbocycles. The molecule has 1 heterocycles. The molecule has 0 spiro atoms. The number of aromatic carboxylic acids is 1. The number of carboxylic acids is 1. The zero-order valence-electron chi connectivity index (χ0n) is 14.6. The number of hydrogen-bond acceptors (Lipinski definition) is 5. The molecule has 1 aromatic heterocycles. The average molecular weight is 380 g/mol. The van der Waals surface area contributed by atoms with Crippen molar-refractivity contribution in [1.82, 2.24) is 9.62 Å². The molecule has 2 N–H and O–H groups in total. The molecule has 2 aromatic rings. The van der Waals surface area contributed by atoms with Crippen molar-refractivity contribution in [3.8, 4) is 0 Å². The van der Waals surface area contributed by atoms with Gasteiger partial charge in [-0.05, 0) is 11.6 Å². The van der Waals surface area contributed by atoms with Crippen LogP contribution in [0.1, 0.15) is 39.2 Å². The van der Waals surface area contributed by atoms with Gasteiger partial charge >= 0.3 is 5.97 Å². The maximum absolute atomic E-state index is 12.4. The molecule has 0 saturated heterocycles. The van der Waals surface area contributed by atoms with Gasteiger partial charge in [-0.25, -0.2) is 17.5 Å². The molecule has 0 unspecified atom stereocenters. The molecular formula is C17H20N2O6S. The molecule has 0 aliphatic heterocycles. The van der Waals surface area contributed by atoms with Crippen molar-refractivity contribution in [3.63, 3.8) is 0 Å². The summed E-state index contributed by atoms with van der Waals surface area (Å²) in [4.78, 5) is 23.5. The fourth-order valence-corrected chi connectivity index (χ4v) is 3.46. The van der Waals surface area contributed by atoms with Crippen LogP contribution >= 0.6 is 0 Å². The smallest absolute Gasteiger partial charge is 0.339 e. The van der Waals surface area contributed by atoms with Gasteiger partial charge in [-0.3, -0.25) is 4.79 Å². The third-order valence-electron chi connectivity index (χ3n) is 3.75. The molecule has 9 heteroatoms. The third-order valence-corrected chi connectivity index (χ3v) is 5.67. The Hall–Kier alpha value is -2.65. The Bertz CT molecular complexity index is 930. The van der Waals surface area contributed by atoms with Gasteiger partial charge in [-0.15, -0.1) is 0 Å². The summed E-state index contributed by atoms with van der Waals surface area (Å²) in [5.41, 5.74) is 0.350. The zero-order chi connectivity index (χ0) is 19.5. The lowest BCUT2D eigenvalue weighted by atomic mass is 10.2. The topological polar surface area (TPSA) is 117 Å². The number of nitrogens with one attached hydrogen (secondary N) is 1. The second kappa shape index (κ2) is 7.71. The van der Waals surface area contributed by atoms with E-state index in [-0.39, 0.29) is 28.5 Å². The molecule has 8 nitrogen and oxygen atoms in total. The van der Waals surface area contributed by atoms with E-state index < -0.39 is 21.9 Å². The summed E-state index contributed by atoms with van der Waals surface area (Å²) in [5.74, 6) is -1.72. The zero-order valence-corrected chi connectivity index (χ0v) is 15.5. The lowest BCUT2D eigenvalue weighted by Gasteiger charge is -2.15. The van der Waals surface area contributed by atoms with Crippen LogP contribution in [0.5, 0.6) is 0 Å². The first-order chi connectivity index (χ1) is 12.2. The van der Waals surface area contributed by atoms with Crippen LogP contribution in [-0.2, 0) is 23.0 Å². The predicted octanol–water partition coefficient (Wildman–Crippen LogP) is 1.72. The number of carbonyl (C=O) groups is 2. The second-order valence-corrected chi connectivity index (χ2v) is 7.80. The molecule has 2 rings (SSSR count). The van der Waals surface area contributed by atoms with Gasteiger partial charge in [0.05, 0.1) is 4.90 Å². The van der Waals surface area contributed by atoms with E-state index >= 15 is 0 Å². The minimum absolute atomic E-state index is 0.0490. The molecule has 1 amide bonds. The average Bonchev–Trinajstić information content (AvgIpc) is 3.04. The Balaban J connectivity index is 2.23. The highest BCUT2D eigenvalue weighted by Gasteiger charge is 2.23. The highest BCUT2D eigenvalue weighted by atomic mass is 32.2. The molecular weight excluding hydrogens is 360 g/mol. The van der Waals surface area contributed by atoms with Crippen molar-refractivity contribution in [1.29, 1.82) is 0 Å². The van der Waals surface area contributed by atoms with Crippen LogP contribution in [0.15, 0.2) is 39.6 Å². The van der Waals surface area contributed by atoms with E-state index in [1.165, 1.54) is 26.2 Å². The van der Waals surface area contributed by atoms with Crippen molar-refractivity contribution < 1.29 is 27.5 Å². The summed E-state index contributed by atoms with van der Waals surface area (Å²) in [7, 11) is -0.809. The van der Waals surface area contributed by atoms with Gasteiger partial charge < -0.3 is 14.8 Å². The first-order valence-electron chi connectivity index (χ1n) is 7.83. The monoisotopic (exact) mass is 380 g/mol. The van der Waals surface area contributed by atoms with Gasteiger partial charge in [0.25, 0.3) is 5.91 Å². The molecule has 0 fully saturated rings. The largest absolute Gasteiger partial charge is 0.478 e. The Labute approximate surface area is 151 Å². The van der Waals surface area contributed by atoms with Gasteiger partial charge in [0.1, 0.15) is 11.3 Å².